The van der Waals surface area contributed by atoms with Crippen LogP contribution in [0.3, 0.4) is 0 Å². The van der Waals surface area contributed by atoms with E-state index in [-0.39, 0.29) is 0 Å². The van der Waals surface area contributed by atoms with Crippen molar-refractivity contribution in [3.63, 3.8) is 0 Å². The molecule has 0 aliphatic carbocycles. The molecule has 0 aliphatic rings. The Bertz CT molecular complexity index is 1070. The summed E-state index contributed by atoms with van der Waals surface area (Å²) in [6.07, 6.45) is -2.96. The van der Waals surface area contributed by atoms with E-state index in [0.29, 0.717) is 23.8 Å². The fourth-order valence-electron chi connectivity index (χ4n) is 2.80. The summed E-state index contributed by atoms with van der Waals surface area (Å²) >= 11 is 0. The SMILES string of the molecule is CN(Cc1nc2ccccc2[nH]1)c1nncc(-c2ccc(C(F)(F)F)cc2)n1. The van der Waals surface area contributed by atoms with Gasteiger partial charge < -0.3 is 9.88 Å². The number of imidazole rings is 1. The maximum atomic E-state index is 12.7. The molecule has 2 heterocycles. The van der Waals surface area contributed by atoms with Crippen LogP contribution in [-0.4, -0.2) is 32.2 Å². The van der Waals surface area contributed by atoms with Gasteiger partial charge in [0.25, 0.3) is 0 Å². The van der Waals surface area contributed by atoms with Crippen LogP contribution in [0.5, 0.6) is 0 Å². The Balaban J connectivity index is 1.55. The number of halogens is 3. The fourth-order valence-corrected chi connectivity index (χ4v) is 2.80. The van der Waals surface area contributed by atoms with Crippen LogP contribution in [-0.2, 0) is 12.7 Å². The molecule has 0 atom stereocenters. The van der Waals surface area contributed by atoms with Gasteiger partial charge in [-0.1, -0.05) is 24.3 Å². The van der Waals surface area contributed by atoms with E-state index in [0.717, 1.165) is 29.0 Å². The number of benzene rings is 2. The summed E-state index contributed by atoms with van der Waals surface area (Å²) in [5.74, 6) is 1.09. The number of aromatic amines is 1. The second-order valence-corrected chi connectivity index (χ2v) is 6.27. The second-order valence-electron chi connectivity index (χ2n) is 6.27. The summed E-state index contributed by atoms with van der Waals surface area (Å²) in [5.41, 5.74) is 2.06. The van der Waals surface area contributed by atoms with E-state index in [4.69, 9.17) is 0 Å². The molecule has 0 spiro atoms. The molecule has 28 heavy (non-hydrogen) atoms. The van der Waals surface area contributed by atoms with Crippen molar-refractivity contribution in [1.82, 2.24) is 25.1 Å². The highest BCUT2D eigenvalue weighted by atomic mass is 19.4. The number of nitrogens with zero attached hydrogens (tertiary/aromatic N) is 5. The first kappa shape index (κ1) is 17.9. The number of hydrogen-bond acceptors (Lipinski definition) is 5. The third-order valence-corrected chi connectivity index (χ3v) is 4.22. The van der Waals surface area contributed by atoms with Gasteiger partial charge in [-0.3, -0.25) is 0 Å². The highest BCUT2D eigenvalue weighted by Gasteiger charge is 2.30. The van der Waals surface area contributed by atoms with Crippen molar-refractivity contribution >= 4 is 17.0 Å². The van der Waals surface area contributed by atoms with Gasteiger partial charge in [0.2, 0.25) is 5.95 Å². The molecular formula is C19H15F3N6. The molecule has 4 aromatic rings. The molecule has 0 radical (unpaired) electrons. The topological polar surface area (TPSA) is 70.6 Å². The van der Waals surface area contributed by atoms with Crippen LogP contribution < -0.4 is 4.90 Å². The van der Waals surface area contributed by atoms with E-state index >= 15 is 0 Å². The first-order chi connectivity index (χ1) is 13.4. The minimum atomic E-state index is -4.37. The number of rotatable bonds is 4. The van der Waals surface area contributed by atoms with Crippen molar-refractivity contribution in [3.8, 4) is 11.3 Å². The quantitative estimate of drug-likeness (QED) is 0.574. The Labute approximate surface area is 158 Å². The molecule has 0 saturated heterocycles. The molecule has 0 aliphatic heterocycles. The average molecular weight is 384 g/mol. The summed E-state index contributed by atoms with van der Waals surface area (Å²) in [4.78, 5) is 13.9. The van der Waals surface area contributed by atoms with Gasteiger partial charge in [0.1, 0.15) is 5.82 Å². The monoisotopic (exact) mass is 384 g/mol. The van der Waals surface area contributed by atoms with E-state index in [1.165, 1.54) is 18.3 Å². The summed E-state index contributed by atoms with van der Waals surface area (Å²) in [7, 11) is 1.79. The fraction of sp³-hybridized carbons (Fsp3) is 0.158. The van der Waals surface area contributed by atoms with Crippen LogP contribution in [0.4, 0.5) is 19.1 Å². The standard InChI is InChI=1S/C19H15F3N6/c1-28(11-17-24-14-4-2-3-5-15(14)25-17)18-26-16(10-23-27-18)12-6-8-13(9-7-12)19(20,21)22/h2-10H,11H2,1H3,(H,24,25). The Morgan fingerprint density at radius 1 is 1.00 bits per heavy atom. The first-order valence-electron chi connectivity index (χ1n) is 8.42. The van der Waals surface area contributed by atoms with E-state index in [2.05, 4.69) is 25.1 Å². The van der Waals surface area contributed by atoms with Gasteiger partial charge in [-0.2, -0.15) is 18.3 Å². The van der Waals surface area contributed by atoms with E-state index < -0.39 is 11.7 Å². The number of fused-ring (bicyclic) bond motifs is 1. The molecule has 0 unspecified atom stereocenters. The van der Waals surface area contributed by atoms with Crippen LogP contribution in [0.1, 0.15) is 11.4 Å². The van der Waals surface area contributed by atoms with Crippen molar-refractivity contribution < 1.29 is 13.2 Å². The number of hydrogen-bond donors (Lipinski definition) is 1. The summed E-state index contributed by atoms with van der Waals surface area (Å²) in [6.45, 7) is 0.423. The Morgan fingerprint density at radius 3 is 2.46 bits per heavy atom. The lowest BCUT2D eigenvalue weighted by Crippen LogP contribution is -2.20. The summed E-state index contributed by atoms with van der Waals surface area (Å²) in [6, 6.07) is 12.5. The minimum absolute atomic E-state index is 0.345. The molecule has 2 aromatic heterocycles. The Morgan fingerprint density at radius 2 is 1.75 bits per heavy atom. The van der Waals surface area contributed by atoms with Crippen LogP contribution >= 0.6 is 0 Å². The summed E-state index contributed by atoms with van der Waals surface area (Å²) in [5, 5.41) is 7.95. The number of H-pyrrole nitrogens is 1. The zero-order valence-electron chi connectivity index (χ0n) is 14.8. The lowest BCUT2D eigenvalue weighted by Gasteiger charge is -2.15. The largest absolute Gasteiger partial charge is 0.416 e. The zero-order chi connectivity index (χ0) is 19.7. The minimum Gasteiger partial charge on any atom is -0.340 e. The van der Waals surface area contributed by atoms with Crippen LogP contribution in [0.25, 0.3) is 22.3 Å². The smallest absolute Gasteiger partial charge is 0.340 e. The maximum absolute atomic E-state index is 12.7. The molecule has 9 heteroatoms. The molecule has 0 saturated carbocycles. The predicted molar refractivity (Wildman–Crippen MR) is 98.5 cm³/mol. The molecule has 4 rings (SSSR count). The van der Waals surface area contributed by atoms with E-state index in [1.54, 1.807) is 11.9 Å². The van der Waals surface area contributed by atoms with Crippen molar-refractivity contribution in [1.29, 1.82) is 0 Å². The first-order valence-corrected chi connectivity index (χ1v) is 8.42. The molecular weight excluding hydrogens is 369 g/mol. The van der Waals surface area contributed by atoms with Gasteiger partial charge >= 0.3 is 6.18 Å². The highest BCUT2D eigenvalue weighted by molar-refractivity contribution is 5.74. The number of nitrogens with one attached hydrogen (secondary N) is 1. The highest BCUT2D eigenvalue weighted by Crippen LogP contribution is 2.30. The molecule has 0 fully saturated rings. The van der Waals surface area contributed by atoms with Crippen molar-refractivity contribution in [2.45, 2.75) is 12.7 Å². The average Bonchev–Trinajstić information content (AvgIpc) is 3.10. The number of aromatic nitrogens is 5. The molecule has 6 nitrogen and oxygen atoms in total. The van der Waals surface area contributed by atoms with Gasteiger partial charge in [0.15, 0.2) is 0 Å². The Kier molecular flexibility index (Phi) is 4.42. The van der Waals surface area contributed by atoms with Gasteiger partial charge in [-0.05, 0) is 24.3 Å². The van der Waals surface area contributed by atoms with Crippen LogP contribution in [0.2, 0.25) is 0 Å². The molecule has 142 valence electrons. The van der Waals surface area contributed by atoms with Crippen molar-refractivity contribution in [2.24, 2.45) is 0 Å². The lowest BCUT2D eigenvalue weighted by molar-refractivity contribution is -0.137. The van der Waals surface area contributed by atoms with E-state index in [9.17, 15) is 13.2 Å². The lowest BCUT2D eigenvalue weighted by atomic mass is 10.1. The third-order valence-electron chi connectivity index (χ3n) is 4.22. The molecule has 0 bridgehead atoms. The Hall–Kier alpha value is -3.49. The predicted octanol–water partition coefficient (Wildman–Crippen LogP) is 4.07. The van der Waals surface area contributed by atoms with Crippen LogP contribution in [0, 0.1) is 0 Å². The van der Waals surface area contributed by atoms with Crippen LogP contribution in [0.15, 0.2) is 54.7 Å². The number of alkyl halides is 3. The molecule has 2 aromatic carbocycles. The van der Waals surface area contributed by atoms with Gasteiger partial charge in [0.05, 0.1) is 35.0 Å². The number of anilines is 1. The third kappa shape index (κ3) is 3.64. The zero-order valence-corrected chi connectivity index (χ0v) is 14.8. The van der Waals surface area contributed by atoms with Crippen molar-refractivity contribution in [3.05, 3.63) is 66.1 Å². The normalized spacial score (nSPS) is 11.7. The molecule has 0 amide bonds. The molecule has 1 N–H and O–H groups in total. The van der Waals surface area contributed by atoms with Gasteiger partial charge in [-0.25, -0.2) is 9.97 Å². The maximum Gasteiger partial charge on any atom is 0.416 e. The number of para-hydroxylation sites is 2. The van der Waals surface area contributed by atoms with Gasteiger partial charge in [0, 0.05) is 12.6 Å². The second kappa shape index (κ2) is 6.91. The van der Waals surface area contributed by atoms with Crippen molar-refractivity contribution in [2.75, 3.05) is 11.9 Å². The summed E-state index contributed by atoms with van der Waals surface area (Å²) < 4.78 is 38.2. The van der Waals surface area contributed by atoms with E-state index in [1.807, 2.05) is 24.3 Å². The van der Waals surface area contributed by atoms with Gasteiger partial charge in [-0.15, -0.1) is 5.10 Å².